The van der Waals surface area contributed by atoms with Crippen molar-refractivity contribution in [2.75, 3.05) is 6.54 Å². The maximum absolute atomic E-state index is 11.1. The van der Waals surface area contributed by atoms with E-state index in [-0.39, 0.29) is 18.8 Å². The lowest BCUT2D eigenvalue weighted by Gasteiger charge is -2.02. The molecule has 0 aliphatic heterocycles. The van der Waals surface area contributed by atoms with Gasteiger partial charge in [-0.1, -0.05) is 5.92 Å². The highest BCUT2D eigenvalue weighted by Crippen LogP contribution is 2.08. The van der Waals surface area contributed by atoms with Crippen molar-refractivity contribution < 1.29 is 14.7 Å². The van der Waals surface area contributed by atoms with E-state index in [4.69, 9.17) is 11.5 Å². The summed E-state index contributed by atoms with van der Waals surface area (Å²) in [7, 11) is 0. The Hall–Kier alpha value is -2.07. The van der Waals surface area contributed by atoms with Gasteiger partial charge in [0.1, 0.15) is 5.01 Å². The van der Waals surface area contributed by atoms with Gasteiger partial charge in [-0.15, -0.1) is 17.8 Å². The first-order valence-electron chi connectivity index (χ1n) is 4.26. The first kappa shape index (κ1) is 12.0. The van der Waals surface area contributed by atoms with Crippen LogP contribution in [0.2, 0.25) is 0 Å². The van der Waals surface area contributed by atoms with Crippen LogP contribution in [0.25, 0.3) is 0 Å². The third kappa shape index (κ3) is 3.59. The first-order chi connectivity index (χ1) is 7.63. The van der Waals surface area contributed by atoms with Crippen molar-refractivity contribution in [2.45, 2.75) is 6.54 Å². The van der Waals surface area contributed by atoms with Gasteiger partial charge in [-0.3, -0.25) is 0 Å². The summed E-state index contributed by atoms with van der Waals surface area (Å²) in [4.78, 5) is 25.4. The van der Waals surface area contributed by atoms with Crippen molar-refractivity contribution in [1.82, 2.24) is 15.6 Å². The fourth-order valence-electron chi connectivity index (χ4n) is 0.840. The highest BCUT2D eigenvalue weighted by Gasteiger charge is 2.08. The molecule has 0 radical (unpaired) electrons. The average molecular weight is 239 g/mol. The number of nitrogens with one attached hydrogen (secondary N) is 2. The SMILES string of the molecule is C#CCNC(=O)NCc1nc(C(=O)O)cs1. The minimum absolute atomic E-state index is 0.0224. The van der Waals surface area contributed by atoms with Crippen LogP contribution in [0.15, 0.2) is 5.38 Å². The highest BCUT2D eigenvalue weighted by molar-refractivity contribution is 7.09. The number of amides is 2. The third-order valence-electron chi connectivity index (χ3n) is 1.52. The molecule has 0 atom stereocenters. The predicted octanol–water partition coefficient (Wildman–Crippen LogP) is 0.274. The van der Waals surface area contributed by atoms with Crippen LogP contribution in [-0.4, -0.2) is 28.6 Å². The van der Waals surface area contributed by atoms with E-state index in [1.807, 2.05) is 0 Å². The Morgan fingerprint density at radius 2 is 2.31 bits per heavy atom. The second-order valence-electron chi connectivity index (χ2n) is 2.67. The van der Waals surface area contributed by atoms with Gasteiger partial charge in [-0.2, -0.15) is 0 Å². The van der Waals surface area contributed by atoms with Crippen LogP contribution >= 0.6 is 11.3 Å². The fraction of sp³-hybridized carbons (Fsp3) is 0.222. The summed E-state index contributed by atoms with van der Waals surface area (Å²) >= 11 is 1.17. The van der Waals surface area contributed by atoms with Crippen molar-refractivity contribution >= 4 is 23.3 Å². The molecule has 0 aliphatic rings. The molecule has 0 spiro atoms. The number of carboxylic acid groups (broad SMARTS) is 1. The molecule has 0 bridgehead atoms. The summed E-state index contributed by atoms with van der Waals surface area (Å²) < 4.78 is 0. The molecule has 16 heavy (non-hydrogen) atoms. The molecule has 1 aromatic heterocycles. The first-order valence-corrected chi connectivity index (χ1v) is 5.14. The van der Waals surface area contributed by atoms with Gasteiger partial charge in [0.25, 0.3) is 0 Å². The zero-order valence-corrected chi connectivity index (χ0v) is 9.00. The molecule has 0 fully saturated rings. The molecular weight excluding hydrogens is 230 g/mol. The van der Waals surface area contributed by atoms with E-state index < -0.39 is 12.0 Å². The summed E-state index contributed by atoms with van der Waals surface area (Å²) in [5.41, 5.74) is -0.0224. The van der Waals surface area contributed by atoms with Gasteiger partial charge in [0.15, 0.2) is 5.69 Å². The number of nitrogens with zero attached hydrogens (tertiary/aromatic N) is 1. The molecule has 1 rings (SSSR count). The fourth-order valence-corrected chi connectivity index (χ4v) is 1.55. The van der Waals surface area contributed by atoms with Crippen LogP contribution in [-0.2, 0) is 6.54 Å². The Kier molecular flexibility index (Phi) is 4.29. The largest absolute Gasteiger partial charge is 0.476 e. The maximum Gasteiger partial charge on any atom is 0.355 e. The Labute approximate surface area is 95.7 Å². The molecule has 0 aliphatic carbocycles. The van der Waals surface area contributed by atoms with Gasteiger partial charge >= 0.3 is 12.0 Å². The Morgan fingerprint density at radius 1 is 1.56 bits per heavy atom. The molecule has 2 amide bonds. The summed E-state index contributed by atoms with van der Waals surface area (Å²) in [6.45, 7) is 0.318. The Morgan fingerprint density at radius 3 is 2.88 bits per heavy atom. The molecule has 0 saturated heterocycles. The molecule has 84 valence electrons. The maximum atomic E-state index is 11.1. The van der Waals surface area contributed by atoms with E-state index in [1.54, 1.807) is 0 Å². The zero-order chi connectivity index (χ0) is 12.0. The van der Waals surface area contributed by atoms with Crippen molar-refractivity contribution in [3.8, 4) is 12.3 Å². The van der Waals surface area contributed by atoms with Gasteiger partial charge in [-0.25, -0.2) is 14.6 Å². The third-order valence-corrected chi connectivity index (χ3v) is 2.37. The summed E-state index contributed by atoms with van der Waals surface area (Å²) in [5, 5.41) is 15.5. The van der Waals surface area contributed by atoms with Crippen LogP contribution in [0.3, 0.4) is 0 Å². The highest BCUT2D eigenvalue weighted by atomic mass is 32.1. The molecule has 7 heteroatoms. The van der Waals surface area contributed by atoms with Crippen LogP contribution in [0.4, 0.5) is 4.79 Å². The second-order valence-corrected chi connectivity index (χ2v) is 3.61. The van der Waals surface area contributed by atoms with E-state index in [2.05, 4.69) is 21.5 Å². The second kappa shape index (κ2) is 5.72. The number of hydrogen-bond acceptors (Lipinski definition) is 4. The summed E-state index contributed by atoms with van der Waals surface area (Å²) in [5.74, 6) is 1.17. The van der Waals surface area contributed by atoms with Gasteiger partial charge < -0.3 is 15.7 Å². The molecule has 0 saturated carbocycles. The van der Waals surface area contributed by atoms with E-state index >= 15 is 0 Å². The average Bonchev–Trinajstić information content (AvgIpc) is 2.72. The number of hydrogen-bond donors (Lipinski definition) is 3. The van der Waals surface area contributed by atoms with Crippen LogP contribution in [0, 0.1) is 12.3 Å². The van der Waals surface area contributed by atoms with Crippen molar-refractivity contribution in [3.05, 3.63) is 16.1 Å². The number of terminal acetylenes is 1. The van der Waals surface area contributed by atoms with E-state index in [0.717, 1.165) is 0 Å². The quantitative estimate of drug-likeness (QED) is 0.658. The van der Waals surface area contributed by atoms with Crippen molar-refractivity contribution in [3.63, 3.8) is 0 Å². The summed E-state index contributed by atoms with van der Waals surface area (Å²) in [6, 6.07) is -0.412. The van der Waals surface area contributed by atoms with Gasteiger partial charge in [0, 0.05) is 5.38 Å². The number of aromatic carboxylic acids is 1. The Balaban J connectivity index is 2.40. The van der Waals surface area contributed by atoms with E-state index in [0.29, 0.717) is 5.01 Å². The number of thiazole rings is 1. The van der Waals surface area contributed by atoms with Crippen LogP contribution in [0.5, 0.6) is 0 Å². The lowest BCUT2D eigenvalue weighted by Crippen LogP contribution is -2.35. The van der Waals surface area contributed by atoms with Crippen molar-refractivity contribution in [1.29, 1.82) is 0 Å². The molecule has 0 aromatic carbocycles. The lowest BCUT2D eigenvalue weighted by atomic mass is 10.5. The topological polar surface area (TPSA) is 91.3 Å². The number of urea groups is 1. The number of carbonyl (C=O) groups excluding carboxylic acids is 1. The molecule has 0 unspecified atom stereocenters. The molecule has 1 heterocycles. The van der Waals surface area contributed by atoms with Crippen LogP contribution < -0.4 is 10.6 Å². The minimum atomic E-state index is -1.08. The van der Waals surface area contributed by atoms with E-state index in [1.165, 1.54) is 16.7 Å². The number of carboxylic acids is 1. The molecule has 6 nitrogen and oxygen atoms in total. The normalized spacial score (nSPS) is 9.19. The van der Waals surface area contributed by atoms with Gasteiger partial charge in [0.05, 0.1) is 13.1 Å². The minimum Gasteiger partial charge on any atom is -0.476 e. The number of carbonyl (C=O) groups is 2. The molecule has 3 N–H and O–H groups in total. The molecule has 1 aromatic rings. The Bertz CT molecular complexity index is 435. The number of aromatic nitrogens is 1. The zero-order valence-electron chi connectivity index (χ0n) is 8.19. The standard InChI is InChI=1S/C9H9N3O3S/c1-2-3-10-9(15)11-4-7-12-6(5-16-7)8(13)14/h1,5H,3-4H2,(H,13,14)(H2,10,11,15). The van der Waals surface area contributed by atoms with Crippen molar-refractivity contribution in [2.24, 2.45) is 0 Å². The summed E-state index contributed by atoms with van der Waals surface area (Å²) in [6.07, 6.45) is 4.95. The smallest absolute Gasteiger partial charge is 0.355 e. The van der Waals surface area contributed by atoms with E-state index in [9.17, 15) is 9.59 Å². The van der Waals surface area contributed by atoms with Gasteiger partial charge in [-0.05, 0) is 0 Å². The van der Waals surface area contributed by atoms with Gasteiger partial charge in [0.2, 0.25) is 0 Å². The van der Waals surface area contributed by atoms with Crippen LogP contribution in [0.1, 0.15) is 15.5 Å². The predicted molar refractivity (Wildman–Crippen MR) is 58.1 cm³/mol. The monoisotopic (exact) mass is 239 g/mol. The lowest BCUT2D eigenvalue weighted by molar-refractivity contribution is 0.0691. The number of rotatable bonds is 4. The molecular formula is C9H9N3O3S.